The van der Waals surface area contributed by atoms with Crippen molar-refractivity contribution in [1.29, 1.82) is 0 Å². The average Bonchev–Trinajstić information content (AvgIpc) is 2.38. The monoisotopic (exact) mass is 252 g/mol. The molecule has 104 valence electrons. The van der Waals surface area contributed by atoms with Crippen molar-refractivity contribution in [3.05, 3.63) is 23.3 Å². The summed E-state index contributed by atoms with van der Waals surface area (Å²) in [6.45, 7) is 8.10. The highest BCUT2D eigenvalue weighted by Crippen LogP contribution is 2.15. The van der Waals surface area contributed by atoms with Crippen molar-refractivity contribution in [3.8, 4) is 0 Å². The van der Waals surface area contributed by atoms with Crippen molar-refractivity contribution < 1.29 is 9.47 Å². The van der Waals surface area contributed by atoms with Crippen molar-refractivity contribution in [2.75, 3.05) is 13.2 Å². The summed E-state index contributed by atoms with van der Waals surface area (Å²) in [5.74, 6) is 0. The molecule has 1 unspecified atom stereocenters. The minimum Gasteiger partial charge on any atom is -0.353 e. The highest BCUT2D eigenvalue weighted by molar-refractivity contribution is 5.03. The molecule has 2 heteroatoms. The maximum absolute atomic E-state index is 5.74. The van der Waals surface area contributed by atoms with Gasteiger partial charge in [0.25, 0.3) is 0 Å². The summed E-state index contributed by atoms with van der Waals surface area (Å²) in [7, 11) is 0. The number of hydrogen-bond acceptors (Lipinski definition) is 2. The lowest BCUT2D eigenvalue weighted by Crippen LogP contribution is -2.22. The molecule has 1 saturated heterocycles. The first-order valence-electron chi connectivity index (χ1n) is 7.27. The first-order chi connectivity index (χ1) is 8.72. The van der Waals surface area contributed by atoms with Crippen LogP contribution in [0, 0.1) is 0 Å². The van der Waals surface area contributed by atoms with Crippen LogP contribution in [0.5, 0.6) is 0 Å². The van der Waals surface area contributed by atoms with Crippen LogP contribution in [-0.2, 0) is 9.47 Å². The van der Waals surface area contributed by atoms with Gasteiger partial charge in [0.15, 0.2) is 6.29 Å². The molecule has 0 aliphatic carbocycles. The summed E-state index contributed by atoms with van der Waals surface area (Å²) in [6.07, 6.45) is 11.5. The Morgan fingerprint density at radius 1 is 1.22 bits per heavy atom. The van der Waals surface area contributed by atoms with E-state index in [-0.39, 0.29) is 6.29 Å². The van der Waals surface area contributed by atoms with E-state index in [2.05, 4.69) is 32.9 Å². The van der Waals surface area contributed by atoms with Crippen LogP contribution in [0.3, 0.4) is 0 Å². The first kappa shape index (κ1) is 15.5. The lowest BCUT2D eigenvalue weighted by Gasteiger charge is -2.22. The van der Waals surface area contributed by atoms with E-state index >= 15 is 0 Å². The predicted molar refractivity (Wildman–Crippen MR) is 76.6 cm³/mol. The average molecular weight is 252 g/mol. The fourth-order valence-electron chi connectivity index (χ4n) is 2.12. The molecule has 1 rings (SSSR count). The van der Waals surface area contributed by atoms with Gasteiger partial charge in [0.1, 0.15) is 0 Å². The van der Waals surface area contributed by atoms with Crippen molar-refractivity contribution in [1.82, 2.24) is 0 Å². The minimum atomic E-state index is 0.0313. The van der Waals surface area contributed by atoms with Gasteiger partial charge in [-0.3, -0.25) is 0 Å². The maximum Gasteiger partial charge on any atom is 0.158 e. The molecule has 0 bridgehead atoms. The second-order valence-electron chi connectivity index (χ2n) is 5.16. The van der Waals surface area contributed by atoms with Gasteiger partial charge in [-0.15, -0.1) is 0 Å². The highest BCUT2D eigenvalue weighted by atomic mass is 16.7. The summed E-state index contributed by atoms with van der Waals surface area (Å²) < 4.78 is 11.3. The summed E-state index contributed by atoms with van der Waals surface area (Å²) in [5.41, 5.74) is 2.80. The SMILES string of the molecule is CC/C=C(\C)CC/C=C(\C)COC1CCCCO1. The van der Waals surface area contributed by atoms with E-state index in [4.69, 9.17) is 9.47 Å². The van der Waals surface area contributed by atoms with E-state index in [0.29, 0.717) is 6.61 Å². The van der Waals surface area contributed by atoms with Crippen molar-refractivity contribution in [3.63, 3.8) is 0 Å². The Labute approximate surface area is 112 Å². The Morgan fingerprint density at radius 3 is 2.72 bits per heavy atom. The summed E-state index contributed by atoms with van der Waals surface area (Å²) >= 11 is 0. The topological polar surface area (TPSA) is 18.5 Å². The molecule has 1 fully saturated rings. The molecule has 0 radical (unpaired) electrons. The van der Waals surface area contributed by atoms with E-state index in [1.54, 1.807) is 0 Å². The molecule has 0 saturated carbocycles. The van der Waals surface area contributed by atoms with Crippen LogP contribution in [0.1, 0.15) is 59.3 Å². The molecular weight excluding hydrogens is 224 g/mol. The van der Waals surface area contributed by atoms with Crippen LogP contribution in [-0.4, -0.2) is 19.5 Å². The molecule has 1 atom stereocenters. The molecule has 0 N–H and O–H groups in total. The summed E-state index contributed by atoms with van der Waals surface area (Å²) in [4.78, 5) is 0. The van der Waals surface area contributed by atoms with Gasteiger partial charge >= 0.3 is 0 Å². The quantitative estimate of drug-likeness (QED) is 0.616. The van der Waals surface area contributed by atoms with Gasteiger partial charge in [0.05, 0.1) is 6.61 Å². The lowest BCUT2D eigenvalue weighted by atomic mass is 10.1. The molecule has 0 aromatic heterocycles. The zero-order chi connectivity index (χ0) is 13.2. The smallest absolute Gasteiger partial charge is 0.158 e. The number of allylic oxidation sites excluding steroid dienone is 3. The normalized spacial score (nSPS) is 22.3. The van der Waals surface area contributed by atoms with Crippen LogP contribution in [0.25, 0.3) is 0 Å². The van der Waals surface area contributed by atoms with Gasteiger partial charge in [-0.2, -0.15) is 0 Å². The van der Waals surface area contributed by atoms with Gasteiger partial charge in [-0.25, -0.2) is 0 Å². The number of hydrogen-bond donors (Lipinski definition) is 0. The molecular formula is C16H28O2. The number of rotatable bonds is 7. The second kappa shape index (κ2) is 9.35. The molecule has 0 aromatic carbocycles. The fourth-order valence-corrected chi connectivity index (χ4v) is 2.12. The molecule has 1 aliphatic heterocycles. The minimum absolute atomic E-state index is 0.0313. The van der Waals surface area contributed by atoms with Gasteiger partial charge in [-0.1, -0.05) is 30.2 Å². The van der Waals surface area contributed by atoms with Crippen LogP contribution in [0.2, 0.25) is 0 Å². The third-order valence-electron chi connectivity index (χ3n) is 3.22. The van der Waals surface area contributed by atoms with Crippen LogP contribution in [0.4, 0.5) is 0 Å². The van der Waals surface area contributed by atoms with Crippen molar-refractivity contribution in [2.45, 2.75) is 65.6 Å². The maximum atomic E-state index is 5.74. The van der Waals surface area contributed by atoms with Crippen LogP contribution >= 0.6 is 0 Å². The Kier molecular flexibility index (Phi) is 8.03. The highest BCUT2D eigenvalue weighted by Gasteiger charge is 2.13. The standard InChI is InChI=1S/C16H28O2/c1-4-8-14(2)9-7-10-15(3)13-18-16-11-5-6-12-17-16/h8,10,16H,4-7,9,11-13H2,1-3H3/b14-8+,15-10+. The van der Waals surface area contributed by atoms with Gasteiger partial charge < -0.3 is 9.47 Å². The zero-order valence-electron chi connectivity index (χ0n) is 12.2. The van der Waals surface area contributed by atoms with E-state index in [0.717, 1.165) is 32.3 Å². The molecule has 0 spiro atoms. The molecule has 0 aromatic rings. The van der Waals surface area contributed by atoms with Crippen molar-refractivity contribution in [2.24, 2.45) is 0 Å². The molecule has 18 heavy (non-hydrogen) atoms. The van der Waals surface area contributed by atoms with E-state index in [1.165, 1.54) is 24.0 Å². The second-order valence-corrected chi connectivity index (χ2v) is 5.16. The van der Waals surface area contributed by atoms with Crippen molar-refractivity contribution >= 4 is 0 Å². The third-order valence-corrected chi connectivity index (χ3v) is 3.22. The van der Waals surface area contributed by atoms with Gasteiger partial charge in [-0.05, 0) is 52.4 Å². The Bertz CT molecular complexity index is 273. The zero-order valence-corrected chi connectivity index (χ0v) is 12.2. The largest absolute Gasteiger partial charge is 0.353 e. The molecule has 0 amide bonds. The number of ether oxygens (including phenoxy) is 2. The molecule has 1 heterocycles. The van der Waals surface area contributed by atoms with Crippen LogP contribution < -0.4 is 0 Å². The Hall–Kier alpha value is -0.600. The summed E-state index contributed by atoms with van der Waals surface area (Å²) in [6, 6.07) is 0. The lowest BCUT2D eigenvalue weighted by molar-refractivity contribution is -0.156. The molecule has 1 aliphatic rings. The first-order valence-corrected chi connectivity index (χ1v) is 7.27. The van der Waals surface area contributed by atoms with E-state index in [9.17, 15) is 0 Å². The predicted octanol–water partition coefficient (Wildman–Crippen LogP) is 4.61. The van der Waals surface area contributed by atoms with Gasteiger partial charge in [0.2, 0.25) is 0 Å². The molecule has 2 nitrogen and oxygen atoms in total. The van der Waals surface area contributed by atoms with Crippen LogP contribution in [0.15, 0.2) is 23.3 Å². The Balaban J connectivity index is 2.14. The van der Waals surface area contributed by atoms with E-state index < -0.39 is 0 Å². The third kappa shape index (κ3) is 6.97. The van der Waals surface area contributed by atoms with E-state index in [1.807, 2.05) is 0 Å². The van der Waals surface area contributed by atoms with Gasteiger partial charge in [0, 0.05) is 6.61 Å². The summed E-state index contributed by atoms with van der Waals surface area (Å²) in [5, 5.41) is 0. The Morgan fingerprint density at radius 2 is 2.06 bits per heavy atom. The fraction of sp³-hybridized carbons (Fsp3) is 0.750.